The molecule has 0 radical (unpaired) electrons. The Labute approximate surface area is 117 Å². The first-order valence-corrected chi connectivity index (χ1v) is 7.96. The third kappa shape index (κ3) is 3.48. The van der Waals surface area contributed by atoms with E-state index in [1.54, 1.807) is 0 Å². The molecule has 0 saturated carbocycles. The number of hydrogen-bond donors (Lipinski definition) is 6. The van der Waals surface area contributed by atoms with Crippen LogP contribution in [0, 0.1) is 0 Å². The van der Waals surface area contributed by atoms with Crippen LogP contribution in [0.5, 0.6) is 0 Å². The van der Waals surface area contributed by atoms with Gasteiger partial charge in [0.25, 0.3) is 5.79 Å². The van der Waals surface area contributed by atoms with E-state index in [9.17, 15) is 32.2 Å². The Bertz CT molecular complexity index is 616. The van der Waals surface area contributed by atoms with E-state index in [0.29, 0.717) is 0 Å². The average molecular weight is 353 g/mol. The predicted octanol–water partition coefficient (Wildman–Crippen LogP) is -4.31. The van der Waals surface area contributed by atoms with Crippen molar-refractivity contribution in [2.24, 2.45) is 0 Å². The van der Waals surface area contributed by atoms with E-state index in [4.69, 9.17) is 9.11 Å². The fourth-order valence-electron chi connectivity index (χ4n) is 1.86. The molecular formula is C6H11NO12S2. The maximum Gasteiger partial charge on any atom is 0.400 e. The first kappa shape index (κ1) is 16.9. The molecule has 21 heavy (non-hydrogen) atoms. The lowest BCUT2D eigenvalue weighted by molar-refractivity contribution is -0.287. The third-order valence-electron chi connectivity index (χ3n) is 2.77. The quantitative estimate of drug-likeness (QED) is 0.209. The Hall–Kier alpha value is -0.460. The van der Waals surface area contributed by atoms with Crippen LogP contribution in [0.15, 0.2) is 0 Å². The molecule has 0 aromatic rings. The van der Waals surface area contributed by atoms with Crippen LogP contribution in [0.4, 0.5) is 0 Å². The zero-order valence-electron chi connectivity index (χ0n) is 9.80. The van der Waals surface area contributed by atoms with Crippen molar-refractivity contribution in [3.05, 3.63) is 0 Å². The summed E-state index contributed by atoms with van der Waals surface area (Å²) in [6.45, 7) is 0. The van der Waals surface area contributed by atoms with Crippen LogP contribution >= 0.6 is 0 Å². The van der Waals surface area contributed by atoms with Gasteiger partial charge in [-0.25, -0.2) is 4.18 Å². The zero-order valence-corrected chi connectivity index (χ0v) is 11.4. The number of aliphatic hydroxyl groups is 3. The van der Waals surface area contributed by atoms with Crippen LogP contribution in [-0.2, 0) is 34.4 Å². The minimum Gasteiger partial charge on any atom is -0.388 e. The SMILES string of the molecule is O=S(=O)(O)N[C@@H]1[C@@H](O)[C@H](O)[C@]2(O[C@@H]2OS(=O)(=O)O)O[C@@H]1O. The second-order valence-electron chi connectivity index (χ2n) is 4.26. The van der Waals surface area contributed by atoms with Gasteiger partial charge in [0.1, 0.15) is 18.2 Å². The molecule has 0 amide bonds. The Kier molecular flexibility index (Phi) is 4.05. The second-order valence-corrected chi connectivity index (χ2v) is 6.49. The largest absolute Gasteiger partial charge is 0.400 e. The Morgan fingerprint density at radius 3 is 2.10 bits per heavy atom. The lowest BCUT2D eigenvalue weighted by Crippen LogP contribution is -2.65. The predicted molar refractivity (Wildman–Crippen MR) is 57.8 cm³/mol. The molecule has 0 aromatic heterocycles. The van der Waals surface area contributed by atoms with Gasteiger partial charge >= 0.3 is 20.7 Å². The highest BCUT2D eigenvalue weighted by molar-refractivity contribution is 7.83. The van der Waals surface area contributed by atoms with E-state index >= 15 is 0 Å². The van der Waals surface area contributed by atoms with Gasteiger partial charge in [-0.3, -0.25) is 9.11 Å². The summed E-state index contributed by atoms with van der Waals surface area (Å²) in [5, 5.41) is 29.0. The molecule has 6 N–H and O–H groups in total. The van der Waals surface area contributed by atoms with Gasteiger partial charge in [-0.05, 0) is 0 Å². The van der Waals surface area contributed by atoms with Crippen LogP contribution in [0.1, 0.15) is 0 Å². The summed E-state index contributed by atoms with van der Waals surface area (Å²) in [5.74, 6) is -2.31. The van der Waals surface area contributed by atoms with Crippen LogP contribution in [0.3, 0.4) is 0 Å². The number of rotatable bonds is 4. The van der Waals surface area contributed by atoms with Crippen molar-refractivity contribution in [3.8, 4) is 0 Å². The number of ether oxygens (including phenoxy) is 2. The van der Waals surface area contributed by atoms with Crippen molar-refractivity contribution in [3.63, 3.8) is 0 Å². The zero-order chi connectivity index (χ0) is 16.2. The molecule has 0 bridgehead atoms. The van der Waals surface area contributed by atoms with E-state index in [1.807, 2.05) is 0 Å². The molecule has 124 valence electrons. The maximum absolute atomic E-state index is 10.6. The van der Waals surface area contributed by atoms with Crippen molar-refractivity contribution in [1.82, 2.24) is 4.72 Å². The Balaban J connectivity index is 2.15. The lowest BCUT2D eigenvalue weighted by Gasteiger charge is -2.38. The molecule has 0 unspecified atom stereocenters. The summed E-state index contributed by atoms with van der Waals surface area (Å²) >= 11 is 0. The monoisotopic (exact) mass is 353 g/mol. The summed E-state index contributed by atoms with van der Waals surface area (Å²) in [6.07, 6.45) is -8.10. The summed E-state index contributed by atoms with van der Waals surface area (Å²) in [4.78, 5) is 0. The summed E-state index contributed by atoms with van der Waals surface area (Å²) in [7, 11) is -9.81. The molecule has 2 saturated heterocycles. The van der Waals surface area contributed by atoms with Crippen molar-refractivity contribution in [1.29, 1.82) is 0 Å². The van der Waals surface area contributed by atoms with Gasteiger partial charge in [0.2, 0.25) is 6.29 Å². The minimum absolute atomic E-state index is 1.40. The normalized spacial score (nSPS) is 44.0. The molecule has 2 rings (SSSR count). The fourth-order valence-corrected chi connectivity index (χ4v) is 2.85. The van der Waals surface area contributed by atoms with Gasteiger partial charge in [0, 0.05) is 0 Å². The molecule has 1 spiro atoms. The van der Waals surface area contributed by atoms with Gasteiger partial charge in [0.15, 0.2) is 6.29 Å². The van der Waals surface area contributed by atoms with Crippen molar-refractivity contribution >= 4 is 20.7 Å². The van der Waals surface area contributed by atoms with E-state index < -0.39 is 57.3 Å². The standard InChI is InChI=1S/C6H11NO12S2/c8-2-1(7-20(11,12)13)4(10)17-6(3(2)9)5(18-6)19-21(14,15)16/h1-5,7-10H,(H,11,12,13)(H,14,15,16)/t1-,2-,3+,4+,5-,6-/m1/s1. The van der Waals surface area contributed by atoms with Crippen molar-refractivity contribution in [2.75, 3.05) is 0 Å². The van der Waals surface area contributed by atoms with E-state index in [0.717, 1.165) is 0 Å². The maximum atomic E-state index is 10.6. The fraction of sp³-hybridized carbons (Fsp3) is 1.00. The van der Waals surface area contributed by atoms with Crippen LogP contribution in [0.25, 0.3) is 0 Å². The molecular weight excluding hydrogens is 342 g/mol. The summed E-state index contributed by atoms with van der Waals surface area (Å²) in [6, 6.07) is -1.86. The smallest absolute Gasteiger partial charge is 0.388 e. The minimum atomic E-state index is -4.97. The molecule has 0 aliphatic carbocycles. The summed E-state index contributed by atoms with van der Waals surface area (Å²) < 4.78 is 73.9. The number of aliphatic hydroxyl groups excluding tert-OH is 3. The molecule has 0 aromatic carbocycles. The molecule has 2 aliphatic rings. The van der Waals surface area contributed by atoms with Gasteiger partial charge in [0.05, 0.1) is 0 Å². The third-order valence-corrected chi connectivity index (χ3v) is 3.76. The number of nitrogens with one attached hydrogen (secondary N) is 1. The molecule has 13 nitrogen and oxygen atoms in total. The molecule has 2 aliphatic heterocycles. The van der Waals surface area contributed by atoms with Gasteiger partial charge < -0.3 is 24.8 Å². The van der Waals surface area contributed by atoms with Gasteiger partial charge in [-0.1, -0.05) is 0 Å². The highest BCUT2D eigenvalue weighted by Crippen LogP contribution is 2.47. The Morgan fingerprint density at radius 1 is 1.05 bits per heavy atom. The summed E-state index contributed by atoms with van der Waals surface area (Å²) in [5.41, 5.74) is 0. The van der Waals surface area contributed by atoms with E-state index in [-0.39, 0.29) is 0 Å². The number of epoxide rings is 1. The lowest BCUT2D eigenvalue weighted by atomic mass is 9.97. The molecule has 6 atom stereocenters. The van der Waals surface area contributed by atoms with Gasteiger partial charge in [-0.15, -0.1) is 0 Å². The first-order valence-electron chi connectivity index (χ1n) is 5.16. The van der Waals surface area contributed by atoms with Crippen LogP contribution < -0.4 is 4.72 Å². The molecule has 2 fully saturated rings. The van der Waals surface area contributed by atoms with Crippen molar-refractivity contribution in [2.45, 2.75) is 36.6 Å². The Morgan fingerprint density at radius 2 is 1.62 bits per heavy atom. The van der Waals surface area contributed by atoms with Gasteiger partial charge in [-0.2, -0.15) is 21.6 Å². The van der Waals surface area contributed by atoms with Crippen LogP contribution in [-0.4, -0.2) is 77.9 Å². The first-order chi connectivity index (χ1) is 9.36. The topological polar surface area (TPSA) is 212 Å². The number of hydrogen-bond acceptors (Lipinski definition) is 10. The highest BCUT2D eigenvalue weighted by Gasteiger charge is 2.72. The molecule has 15 heteroatoms. The molecule has 2 heterocycles. The van der Waals surface area contributed by atoms with E-state index in [1.165, 1.54) is 4.72 Å². The van der Waals surface area contributed by atoms with E-state index in [2.05, 4.69) is 13.7 Å². The van der Waals surface area contributed by atoms with Crippen LogP contribution in [0.2, 0.25) is 0 Å². The second kappa shape index (κ2) is 5.03. The van der Waals surface area contributed by atoms with Crippen molar-refractivity contribution < 1.29 is 54.9 Å². The highest BCUT2D eigenvalue weighted by atomic mass is 32.3. The average Bonchev–Trinajstić information content (AvgIpc) is 2.92.